The predicted octanol–water partition coefficient (Wildman–Crippen LogP) is 1.56. The highest BCUT2D eigenvalue weighted by atomic mass is 16.1. The van der Waals surface area contributed by atoms with Crippen molar-refractivity contribution in [1.29, 1.82) is 0 Å². The molecule has 0 saturated carbocycles. The molecule has 1 heterocycles. The molecule has 2 atom stereocenters. The van der Waals surface area contributed by atoms with Crippen LogP contribution in [0.1, 0.15) is 30.1 Å². The first-order valence-corrected chi connectivity index (χ1v) is 5.86. The molecule has 3 heteroatoms. The molecule has 1 aliphatic heterocycles. The Bertz CT molecular complexity index is 350. The van der Waals surface area contributed by atoms with Crippen LogP contribution >= 0.6 is 0 Å². The molecule has 1 saturated heterocycles. The maximum atomic E-state index is 11.9. The third-order valence-corrected chi connectivity index (χ3v) is 3.11. The highest BCUT2D eigenvalue weighted by Crippen LogP contribution is 2.09. The van der Waals surface area contributed by atoms with Crippen molar-refractivity contribution in [2.75, 3.05) is 6.54 Å². The van der Waals surface area contributed by atoms with Crippen molar-refractivity contribution in [2.24, 2.45) is 0 Å². The molecule has 16 heavy (non-hydrogen) atoms. The van der Waals surface area contributed by atoms with Gasteiger partial charge in [-0.25, -0.2) is 0 Å². The van der Waals surface area contributed by atoms with Crippen LogP contribution in [-0.4, -0.2) is 24.5 Å². The summed E-state index contributed by atoms with van der Waals surface area (Å²) in [6.07, 6.45) is 2.19. The summed E-state index contributed by atoms with van der Waals surface area (Å²) >= 11 is 0. The fourth-order valence-corrected chi connectivity index (χ4v) is 2.08. The van der Waals surface area contributed by atoms with E-state index in [0.717, 1.165) is 24.9 Å². The number of amides is 1. The molecular weight excluding hydrogens is 200 g/mol. The molecule has 0 aromatic heterocycles. The van der Waals surface area contributed by atoms with E-state index in [1.165, 1.54) is 0 Å². The molecule has 2 rings (SSSR count). The lowest BCUT2D eigenvalue weighted by atomic mass is 9.99. The highest BCUT2D eigenvalue weighted by molar-refractivity contribution is 5.94. The largest absolute Gasteiger partial charge is 0.348 e. The summed E-state index contributed by atoms with van der Waals surface area (Å²) in [4.78, 5) is 11.9. The smallest absolute Gasteiger partial charge is 0.251 e. The number of benzene rings is 1. The van der Waals surface area contributed by atoms with Gasteiger partial charge in [-0.05, 0) is 38.4 Å². The topological polar surface area (TPSA) is 41.1 Å². The fraction of sp³-hybridized carbons (Fsp3) is 0.462. The molecule has 3 nitrogen and oxygen atoms in total. The van der Waals surface area contributed by atoms with E-state index in [1.807, 2.05) is 30.3 Å². The third kappa shape index (κ3) is 2.61. The van der Waals surface area contributed by atoms with E-state index >= 15 is 0 Å². The van der Waals surface area contributed by atoms with Crippen LogP contribution in [0.4, 0.5) is 0 Å². The van der Waals surface area contributed by atoms with Gasteiger partial charge >= 0.3 is 0 Å². The molecule has 0 bridgehead atoms. The van der Waals surface area contributed by atoms with Crippen LogP contribution in [0.2, 0.25) is 0 Å². The van der Waals surface area contributed by atoms with Gasteiger partial charge in [0.15, 0.2) is 0 Å². The minimum absolute atomic E-state index is 0.0288. The van der Waals surface area contributed by atoms with Crippen LogP contribution in [0.3, 0.4) is 0 Å². The predicted molar refractivity (Wildman–Crippen MR) is 64.4 cm³/mol. The van der Waals surface area contributed by atoms with E-state index in [4.69, 9.17) is 0 Å². The van der Waals surface area contributed by atoms with Gasteiger partial charge in [0.25, 0.3) is 5.91 Å². The Labute approximate surface area is 96.2 Å². The second kappa shape index (κ2) is 5.12. The van der Waals surface area contributed by atoms with E-state index in [1.54, 1.807) is 0 Å². The van der Waals surface area contributed by atoms with Crippen LogP contribution in [0.15, 0.2) is 30.3 Å². The number of carbonyl (C=O) groups excluding carboxylic acids is 1. The van der Waals surface area contributed by atoms with Gasteiger partial charge in [0.05, 0.1) is 0 Å². The molecular formula is C13H18N2O. The standard InChI is InChI=1S/C13H18N2O/c1-10-12(8-5-9-14-10)15-13(16)11-6-3-2-4-7-11/h2-4,6-7,10,12,14H,5,8-9H2,1H3,(H,15,16)/t10-,12+/m0/s1. The summed E-state index contributed by atoms with van der Waals surface area (Å²) in [5.74, 6) is 0.0288. The maximum Gasteiger partial charge on any atom is 0.251 e. The lowest BCUT2D eigenvalue weighted by Crippen LogP contribution is -2.51. The molecule has 1 fully saturated rings. The minimum Gasteiger partial charge on any atom is -0.348 e. The number of hydrogen-bond acceptors (Lipinski definition) is 2. The summed E-state index contributed by atoms with van der Waals surface area (Å²) in [5.41, 5.74) is 0.736. The van der Waals surface area contributed by atoms with Crippen molar-refractivity contribution < 1.29 is 4.79 Å². The summed E-state index contributed by atoms with van der Waals surface area (Å²) < 4.78 is 0. The van der Waals surface area contributed by atoms with Crippen LogP contribution < -0.4 is 10.6 Å². The molecule has 0 spiro atoms. The van der Waals surface area contributed by atoms with Crippen molar-refractivity contribution in [1.82, 2.24) is 10.6 Å². The summed E-state index contributed by atoms with van der Waals surface area (Å²) in [6.45, 7) is 3.17. The second-order valence-electron chi connectivity index (χ2n) is 4.33. The van der Waals surface area contributed by atoms with Gasteiger partial charge in [-0.2, -0.15) is 0 Å². The first kappa shape index (κ1) is 11.1. The van der Waals surface area contributed by atoms with E-state index < -0.39 is 0 Å². The van der Waals surface area contributed by atoms with Crippen LogP contribution in [-0.2, 0) is 0 Å². The van der Waals surface area contributed by atoms with Crippen molar-refractivity contribution >= 4 is 5.91 Å². The maximum absolute atomic E-state index is 11.9. The average molecular weight is 218 g/mol. The fourth-order valence-electron chi connectivity index (χ4n) is 2.08. The number of piperidine rings is 1. The molecule has 2 N–H and O–H groups in total. The molecule has 1 aromatic carbocycles. The normalized spacial score (nSPS) is 25.1. The highest BCUT2D eigenvalue weighted by Gasteiger charge is 2.22. The van der Waals surface area contributed by atoms with Crippen LogP contribution in [0.5, 0.6) is 0 Å². The summed E-state index contributed by atoms with van der Waals surface area (Å²) in [7, 11) is 0. The van der Waals surface area contributed by atoms with Gasteiger partial charge in [0.2, 0.25) is 0 Å². The third-order valence-electron chi connectivity index (χ3n) is 3.11. The monoisotopic (exact) mass is 218 g/mol. The van der Waals surface area contributed by atoms with Crippen molar-refractivity contribution in [3.05, 3.63) is 35.9 Å². The Balaban J connectivity index is 1.96. The quantitative estimate of drug-likeness (QED) is 0.791. The Hall–Kier alpha value is -1.35. The molecule has 0 aliphatic carbocycles. The van der Waals surface area contributed by atoms with Crippen LogP contribution in [0.25, 0.3) is 0 Å². The molecule has 1 aromatic rings. The Morgan fingerprint density at radius 1 is 1.38 bits per heavy atom. The van der Waals surface area contributed by atoms with Crippen molar-refractivity contribution in [3.63, 3.8) is 0 Å². The number of nitrogens with one attached hydrogen (secondary N) is 2. The lowest BCUT2D eigenvalue weighted by molar-refractivity contribution is 0.0920. The molecule has 0 radical (unpaired) electrons. The zero-order chi connectivity index (χ0) is 11.4. The van der Waals surface area contributed by atoms with Gasteiger partial charge in [0.1, 0.15) is 0 Å². The van der Waals surface area contributed by atoms with Crippen LogP contribution in [0, 0.1) is 0 Å². The van der Waals surface area contributed by atoms with Gasteiger partial charge in [-0.1, -0.05) is 18.2 Å². The zero-order valence-electron chi connectivity index (χ0n) is 9.57. The molecule has 86 valence electrons. The lowest BCUT2D eigenvalue weighted by Gasteiger charge is -2.30. The SMILES string of the molecule is C[C@@H]1NCCC[C@H]1NC(=O)c1ccccc1. The average Bonchev–Trinajstić information content (AvgIpc) is 2.33. The molecule has 1 amide bonds. The second-order valence-corrected chi connectivity index (χ2v) is 4.33. The van der Waals surface area contributed by atoms with E-state index in [2.05, 4.69) is 17.6 Å². The molecule has 1 aliphatic rings. The van der Waals surface area contributed by atoms with E-state index in [9.17, 15) is 4.79 Å². The molecule has 0 unspecified atom stereocenters. The van der Waals surface area contributed by atoms with Crippen molar-refractivity contribution in [2.45, 2.75) is 31.8 Å². The van der Waals surface area contributed by atoms with E-state index in [0.29, 0.717) is 6.04 Å². The summed E-state index contributed by atoms with van der Waals surface area (Å²) in [5, 5.41) is 6.46. The van der Waals surface area contributed by atoms with Gasteiger partial charge < -0.3 is 10.6 Å². The van der Waals surface area contributed by atoms with E-state index in [-0.39, 0.29) is 11.9 Å². The number of hydrogen-bond donors (Lipinski definition) is 2. The number of rotatable bonds is 2. The minimum atomic E-state index is 0.0288. The van der Waals surface area contributed by atoms with Gasteiger partial charge in [-0.15, -0.1) is 0 Å². The zero-order valence-corrected chi connectivity index (χ0v) is 9.57. The van der Waals surface area contributed by atoms with Gasteiger partial charge in [0, 0.05) is 17.6 Å². The van der Waals surface area contributed by atoms with Crippen molar-refractivity contribution in [3.8, 4) is 0 Å². The first-order chi connectivity index (χ1) is 7.77. The van der Waals surface area contributed by atoms with Gasteiger partial charge in [-0.3, -0.25) is 4.79 Å². The summed E-state index contributed by atoms with van der Waals surface area (Å²) in [6, 6.07) is 9.99. The Morgan fingerprint density at radius 3 is 2.81 bits per heavy atom. The number of carbonyl (C=O) groups is 1. The Kier molecular flexibility index (Phi) is 3.57. The Morgan fingerprint density at radius 2 is 2.12 bits per heavy atom. The first-order valence-electron chi connectivity index (χ1n) is 5.86.